The Morgan fingerprint density at radius 1 is 1.30 bits per heavy atom. The minimum atomic E-state index is -0.328. The third-order valence-electron chi connectivity index (χ3n) is 3.91. The molecule has 158 valence electrons. The lowest BCUT2D eigenvalue weighted by Crippen LogP contribution is -2.26. The molecule has 9 heteroatoms. The summed E-state index contributed by atoms with van der Waals surface area (Å²) in [7, 11) is 1.58. The van der Waals surface area contributed by atoms with Crippen molar-refractivity contribution in [2.45, 2.75) is 36.5 Å². The first-order valence-electron chi connectivity index (χ1n) is 9.26. The number of hydrazone groups is 1. The Morgan fingerprint density at radius 2 is 2.07 bits per heavy atom. The molecule has 0 saturated heterocycles. The van der Waals surface area contributed by atoms with E-state index < -0.39 is 0 Å². The van der Waals surface area contributed by atoms with Crippen LogP contribution < -0.4 is 14.9 Å². The number of benzene rings is 2. The van der Waals surface area contributed by atoms with Gasteiger partial charge in [-0.15, -0.1) is 11.3 Å². The molecular formula is C21H22BrN3O3S2. The highest BCUT2D eigenvalue weighted by Crippen LogP contribution is 2.37. The lowest BCUT2D eigenvalue weighted by atomic mass is 10.2. The van der Waals surface area contributed by atoms with Gasteiger partial charge in [-0.05, 0) is 66.5 Å². The van der Waals surface area contributed by atoms with Gasteiger partial charge in [-0.2, -0.15) is 5.10 Å². The normalized spacial score (nSPS) is 12.5. The molecule has 6 nitrogen and oxygen atoms in total. The quantitative estimate of drug-likeness (QED) is 0.248. The minimum Gasteiger partial charge on any atom is -0.493 e. The maximum atomic E-state index is 12.4. The van der Waals surface area contributed by atoms with Crippen LogP contribution in [0.4, 0.5) is 0 Å². The summed E-state index contributed by atoms with van der Waals surface area (Å²) in [6, 6.07) is 11.6. The molecule has 0 spiro atoms. The van der Waals surface area contributed by atoms with E-state index in [4.69, 9.17) is 9.47 Å². The Kier molecular flexibility index (Phi) is 7.74. The molecule has 1 N–H and O–H groups in total. The molecule has 0 bridgehead atoms. The molecular weight excluding hydrogens is 486 g/mol. The number of methoxy groups -OCH3 is 1. The van der Waals surface area contributed by atoms with Crippen molar-refractivity contribution in [1.82, 2.24) is 10.4 Å². The van der Waals surface area contributed by atoms with Crippen molar-refractivity contribution in [3.05, 3.63) is 46.4 Å². The van der Waals surface area contributed by atoms with Crippen LogP contribution in [-0.4, -0.2) is 35.6 Å². The van der Waals surface area contributed by atoms with Crippen molar-refractivity contribution in [2.75, 3.05) is 7.11 Å². The summed E-state index contributed by atoms with van der Waals surface area (Å²) in [6.45, 7) is 5.73. The molecule has 0 aliphatic carbocycles. The number of ether oxygens (including phenoxy) is 2. The molecule has 0 fully saturated rings. The average molecular weight is 508 g/mol. The van der Waals surface area contributed by atoms with E-state index in [2.05, 4.69) is 31.4 Å². The zero-order chi connectivity index (χ0) is 21.7. The Labute approximate surface area is 192 Å². The molecule has 3 aromatic rings. The molecule has 2 aromatic carbocycles. The van der Waals surface area contributed by atoms with E-state index in [-0.39, 0.29) is 17.3 Å². The van der Waals surface area contributed by atoms with E-state index in [1.807, 2.05) is 51.1 Å². The van der Waals surface area contributed by atoms with Crippen LogP contribution in [0.5, 0.6) is 11.5 Å². The molecule has 3 rings (SSSR count). The fourth-order valence-electron chi connectivity index (χ4n) is 2.53. The average Bonchev–Trinajstić information content (AvgIpc) is 3.11. The molecule has 0 aliphatic rings. The van der Waals surface area contributed by atoms with Crippen LogP contribution in [0.25, 0.3) is 10.2 Å². The maximum Gasteiger partial charge on any atom is 0.253 e. The topological polar surface area (TPSA) is 72.8 Å². The van der Waals surface area contributed by atoms with Crippen LogP contribution in [0.3, 0.4) is 0 Å². The third kappa shape index (κ3) is 5.74. The molecule has 1 amide bonds. The molecule has 0 saturated carbocycles. The Morgan fingerprint density at radius 3 is 2.77 bits per heavy atom. The lowest BCUT2D eigenvalue weighted by Gasteiger charge is -2.15. The number of aromatic nitrogens is 1. The fourth-order valence-corrected chi connectivity index (χ4v) is 5.29. The van der Waals surface area contributed by atoms with Crippen molar-refractivity contribution in [3.63, 3.8) is 0 Å². The molecule has 0 radical (unpaired) electrons. The largest absolute Gasteiger partial charge is 0.493 e. The van der Waals surface area contributed by atoms with Gasteiger partial charge in [0.1, 0.15) is 0 Å². The molecule has 1 unspecified atom stereocenters. The van der Waals surface area contributed by atoms with E-state index >= 15 is 0 Å². The zero-order valence-electron chi connectivity index (χ0n) is 17.0. The van der Waals surface area contributed by atoms with E-state index in [1.54, 1.807) is 30.7 Å². The van der Waals surface area contributed by atoms with E-state index in [1.165, 1.54) is 11.8 Å². The zero-order valence-corrected chi connectivity index (χ0v) is 20.2. The molecule has 1 atom stereocenters. The summed E-state index contributed by atoms with van der Waals surface area (Å²) >= 11 is 6.49. The van der Waals surface area contributed by atoms with Crippen molar-refractivity contribution in [1.29, 1.82) is 0 Å². The minimum absolute atomic E-state index is 0.0171. The summed E-state index contributed by atoms with van der Waals surface area (Å²) in [5, 5.41) is 3.75. The number of hydrogen-bond acceptors (Lipinski definition) is 7. The highest BCUT2D eigenvalue weighted by molar-refractivity contribution is 9.10. The number of hydrogen-bond donors (Lipinski definition) is 1. The first kappa shape index (κ1) is 22.6. The predicted octanol–water partition coefficient (Wildman–Crippen LogP) is 5.49. The second-order valence-corrected chi connectivity index (χ2v) is 10.1. The number of para-hydroxylation sites is 1. The first-order chi connectivity index (χ1) is 14.4. The van der Waals surface area contributed by atoms with Crippen LogP contribution in [-0.2, 0) is 4.79 Å². The monoisotopic (exact) mass is 507 g/mol. The first-order valence-corrected chi connectivity index (χ1v) is 11.8. The number of carbonyl (C=O) groups is 1. The van der Waals surface area contributed by atoms with E-state index in [0.29, 0.717) is 11.5 Å². The number of nitrogens with zero attached hydrogens (tertiary/aromatic N) is 2. The number of nitrogens with one attached hydrogen (secondary N) is 1. The van der Waals surface area contributed by atoms with Gasteiger partial charge in [0.25, 0.3) is 5.91 Å². The number of thioether (sulfide) groups is 1. The van der Waals surface area contributed by atoms with Crippen LogP contribution in [0.1, 0.15) is 26.3 Å². The van der Waals surface area contributed by atoms with Crippen molar-refractivity contribution in [2.24, 2.45) is 5.10 Å². The highest BCUT2D eigenvalue weighted by atomic mass is 79.9. The smallest absolute Gasteiger partial charge is 0.253 e. The van der Waals surface area contributed by atoms with Gasteiger partial charge >= 0.3 is 0 Å². The number of halogens is 1. The number of thiazole rings is 1. The summed E-state index contributed by atoms with van der Waals surface area (Å²) < 4.78 is 13.9. The molecule has 30 heavy (non-hydrogen) atoms. The SMILES string of the molecule is COc1cc(/C=N/NC(=O)C(C)Sc2nc3ccccc3s2)cc(Br)c1OC(C)C. The van der Waals surface area contributed by atoms with Crippen molar-refractivity contribution < 1.29 is 14.3 Å². The van der Waals surface area contributed by atoms with Gasteiger partial charge in [0, 0.05) is 0 Å². The summed E-state index contributed by atoms with van der Waals surface area (Å²) in [5.41, 5.74) is 4.30. The second-order valence-electron chi connectivity index (χ2n) is 6.64. The number of amides is 1. The Hall–Kier alpha value is -2.10. The van der Waals surface area contributed by atoms with Crippen molar-refractivity contribution >= 4 is 61.4 Å². The van der Waals surface area contributed by atoms with Gasteiger partial charge in [0.15, 0.2) is 15.8 Å². The molecule has 0 aliphatic heterocycles. The Balaban J connectivity index is 1.62. The number of fused-ring (bicyclic) bond motifs is 1. The summed E-state index contributed by atoms with van der Waals surface area (Å²) in [4.78, 5) is 16.9. The van der Waals surface area contributed by atoms with Gasteiger partial charge in [-0.1, -0.05) is 23.9 Å². The second kappa shape index (κ2) is 10.3. The molecule has 1 heterocycles. The van der Waals surface area contributed by atoms with Gasteiger partial charge in [0.2, 0.25) is 0 Å². The van der Waals surface area contributed by atoms with Gasteiger partial charge in [-0.3, -0.25) is 4.79 Å². The maximum absolute atomic E-state index is 12.4. The molecule has 1 aromatic heterocycles. The van der Waals surface area contributed by atoms with Crippen LogP contribution in [0.2, 0.25) is 0 Å². The van der Waals surface area contributed by atoms with Crippen LogP contribution in [0.15, 0.2) is 50.3 Å². The summed E-state index contributed by atoms with van der Waals surface area (Å²) in [5.74, 6) is 1.03. The lowest BCUT2D eigenvalue weighted by molar-refractivity contribution is -0.120. The highest BCUT2D eigenvalue weighted by Gasteiger charge is 2.17. The third-order valence-corrected chi connectivity index (χ3v) is 6.73. The number of rotatable bonds is 8. The van der Waals surface area contributed by atoms with Gasteiger partial charge < -0.3 is 9.47 Å². The Bertz CT molecular complexity index is 1040. The number of carbonyl (C=O) groups excluding carboxylic acids is 1. The van der Waals surface area contributed by atoms with Crippen LogP contribution in [0, 0.1) is 0 Å². The fraction of sp³-hybridized carbons (Fsp3) is 0.286. The summed E-state index contributed by atoms with van der Waals surface area (Å²) in [6.07, 6.45) is 1.59. The predicted molar refractivity (Wildman–Crippen MR) is 127 cm³/mol. The van der Waals surface area contributed by atoms with Crippen LogP contribution >= 0.6 is 39.0 Å². The van der Waals surface area contributed by atoms with Gasteiger partial charge in [0.05, 0.1) is 39.4 Å². The van der Waals surface area contributed by atoms with E-state index in [9.17, 15) is 4.79 Å². The van der Waals surface area contributed by atoms with Gasteiger partial charge in [-0.25, -0.2) is 10.4 Å². The van der Waals surface area contributed by atoms with E-state index in [0.717, 1.165) is 24.6 Å². The standard InChI is InChI=1S/C21H22BrN3O3S2/c1-12(2)28-19-15(22)9-14(10-17(19)27-4)11-23-25-20(26)13(3)29-21-24-16-7-5-6-8-18(16)30-21/h5-13H,1-4H3,(H,25,26)/b23-11+. The van der Waals surface area contributed by atoms with Crippen molar-refractivity contribution in [3.8, 4) is 11.5 Å².